The van der Waals surface area contributed by atoms with Crippen LogP contribution in [-0.4, -0.2) is 81.7 Å². The number of hydrogen-bond donors (Lipinski definition) is 0. The predicted octanol–water partition coefficient (Wildman–Crippen LogP) is 1.06. The first-order chi connectivity index (χ1) is 11.9. The fourth-order valence-corrected chi connectivity index (χ4v) is 3.69. The van der Waals surface area contributed by atoms with Crippen LogP contribution in [0.3, 0.4) is 0 Å². The van der Waals surface area contributed by atoms with E-state index in [0.29, 0.717) is 13.2 Å². The second-order valence-electron chi connectivity index (χ2n) is 6.76. The van der Waals surface area contributed by atoms with Crippen LogP contribution in [0.1, 0.15) is 13.8 Å². The van der Waals surface area contributed by atoms with Gasteiger partial charge in [-0.1, -0.05) is 0 Å². The molecule has 0 radical (unpaired) electrons. The van der Waals surface area contributed by atoms with Gasteiger partial charge in [-0.3, -0.25) is 9.68 Å². The molecule has 4 atom stereocenters. The van der Waals surface area contributed by atoms with Crippen molar-refractivity contribution in [3.63, 3.8) is 0 Å². The largest absolute Gasteiger partial charge is 0.499 e. The monoisotopic (exact) mass is 356 g/mol. The van der Waals surface area contributed by atoms with Gasteiger partial charge in [0.25, 0.3) is 0 Å². The summed E-state index contributed by atoms with van der Waals surface area (Å²) in [5.74, 6) is 0.851. The molecule has 8 heteroatoms. The van der Waals surface area contributed by atoms with Crippen LogP contribution < -0.4 is 0 Å². The van der Waals surface area contributed by atoms with Gasteiger partial charge in [0.15, 0.2) is 5.79 Å². The highest BCUT2D eigenvalue weighted by molar-refractivity contribution is 5.17. The van der Waals surface area contributed by atoms with E-state index < -0.39 is 5.79 Å². The van der Waals surface area contributed by atoms with Crippen LogP contribution >= 0.6 is 0 Å². The topological polar surface area (TPSA) is 61.9 Å². The van der Waals surface area contributed by atoms with Crippen molar-refractivity contribution in [3.05, 3.63) is 23.7 Å². The maximum Gasteiger partial charge on any atom is 0.163 e. The van der Waals surface area contributed by atoms with Crippen molar-refractivity contribution in [3.8, 4) is 0 Å². The second-order valence-corrected chi connectivity index (χ2v) is 6.76. The number of methoxy groups -OCH3 is 2. The summed E-state index contributed by atoms with van der Waals surface area (Å²) in [5, 5.41) is 3.53. The Kier molecular flexibility index (Phi) is 5.38. The maximum absolute atomic E-state index is 6.27. The van der Waals surface area contributed by atoms with Gasteiger partial charge in [-0.05, 0) is 26.0 Å². The van der Waals surface area contributed by atoms with E-state index in [9.17, 15) is 0 Å². The molecular weight excluding hydrogens is 328 g/mol. The Bertz CT molecular complexity index is 503. The third kappa shape index (κ3) is 3.55. The SMILES string of the molecule is COC1=CCON(C)[C@H]1[C@H]1OC(C)(C)O[C@@H]1[C@@H]1C(OC)=CCON1C. The van der Waals surface area contributed by atoms with Crippen LogP contribution in [0.25, 0.3) is 0 Å². The van der Waals surface area contributed by atoms with E-state index in [1.807, 2.05) is 40.1 Å². The molecule has 0 amide bonds. The quantitative estimate of drug-likeness (QED) is 0.741. The van der Waals surface area contributed by atoms with Crippen molar-refractivity contribution in [2.24, 2.45) is 0 Å². The zero-order valence-electron chi connectivity index (χ0n) is 15.7. The smallest absolute Gasteiger partial charge is 0.163 e. The normalized spacial score (nSPS) is 36.7. The Morgan fingerprint density at radius 2 is 1.28 bits per heavy atom. The molecule has 3 aliphatic heterocycles. The van der Waals surface area contributed by atoms with E-state index in [1.165, 1.54) is 0 Å². The van der Waals surface area contributed by atoms with E-state index in [4.69, 9.17) is 28.6 Å². The zero-order chi connectivity index (χ0) is 18.2. The number of nitrogens with zero attached hydrogens (tertiary/aromatic N) is 2. The maximum atomic E-state index is 6.27. The van der Waals surface area contributed by atoms with Crippen LogP contribution in [0.5, 0.6) is 0 Å². The van der Waals surface area contributed by atoms with Crippen molar-refractivity contribution in [2.75, 3.05) is 41.5 Å². The number of hydrogen-bond acceptors (Lipinski definition) is 8. The molecule has 3 rings (SSSR count). The van der Waals surface area contributed by atoms with E-state index in [-0.39, 0.29) is 24.3 Å². The second kappa shape index (κ2) is 7.22. The molecule has 3 heterocycles. The van der Waals surface area contributed by atoms with Crippen LogP contribution in [0.4, 0.5) is 0 Å². The molecule has 0 spiro atoms. The zero-order valence-corrected chi connectivity index (χ0v) is 15.7. The van der Waals surface area contributed by atoms with E-state index in [0.717, 1.165) is 11.5 Å². The van der Waals surface area contributed by atoms with Gasteiger partial charge >= 0.3 is 0 Å². The first-order valence-electron chi connectivity index (χ1n) is 8.43. The molecule has 0 bridgehead atoms. The van der Waals surface area contributed by atoms with E-state index >= 15 is 0 Å². The van der Waals surface area contributed by atoms with Gasteiger partial charge in [0.05, 0.1) is 27.4 Å². The molecule has 0 aromatic rings. The first kappa shape index (κ1) is 18.6. The highest BCUT2D eigenvalue weighted by atomic mass is 16.8. The summed E-state index contributed by atoms with van der Waals surface area (Å²) in [7, 11) is 7.06. The third-order valence-electron chi connectivity index (χ3n) is 4.75. The van der Waals surface area contributed by atoms with Crippen molar-refractivity contribution >= 4 is 0 Å². The average Bonchev–Trinajstić information content (AvgIpc) is 2.88. The fourth-order valence-electron chi connectivity index (χ4n) is 3.69. The lowest BCUT2D eigenvalue weighted by atomic mass is 9.95. The molecule has 3 aliphatic rings. The van der Waals surface area contributed by atoms with E-state index in [1.54, 1.807) is 24.3 Å². The molecule has 142 valence electrons. The van der Waals surface area contributed by atoms with Crippen molar-refractivity contribution < 1.29 is 28.6 Å². The molecule has 1 fully saturated rings. The number of hydroxylamine groups is 4. The number of ether oxygens (including phenoxy) is 4. The van der Waals surface area contributed by atoms with Crippen molar-refractivity contribution in [1.82, 2.24) is 10.1 Å². The first-order valence-corrected chi connectivity index (χ1v) is 8.43. The average molecular weight is 356 g/mol. The van der Waals surface area contributed by atoms with Crippen LogP contribution in [0.2, 0.25) is 0 Å². The Balaban J connectivity index is 1.96. The molecule has 0 unspecified atom stereocenters. The summed E-state index contributed by atoms with van der Waals surface area (Å²) in [4.78, 5) is 11.3. The lowest BCUT2D eigenvalue weighted by Gasteiger charge is -2.40. The Morgan fingerprint density at radius 3 is 1.64 bits per heavy atom. The molecule has 0 saturated carbocycles. The summed E-state index contributed by atoms with van der Waals surface area (Å²) in [5.41, 5.74) is 0. The minimum atomic E-state index is -0.746. The lowest BCUT2D eigenvalue weighted by Crippen LogP contribution is -2.56. The molecular formula is C17H28N2O6. The Morgan fingerprint density at radius 1 is 0.880 bits per heavy atom. The molecule has 25 heavy (non-hydrogen) atoms. The molecule has 1 saturated heterocycles. The fraction of sp³-hybridized carbons (Fsp3) is 0.765. The van der Waals surface area contributed by atoms with Gasteiger partial charge in [0.1, 0.15) is 35.8 Å². The van der Waals surface area contributed by atoms with Gasteiger partial charge in [0.2, 0.25) is 0 Å². The van der Waals surface area contributed by atoms with Gasteiger partial charge in [-0.25, -0.2) is 0 Å². The summed E-state index contributed by atoms with van der Waals surface area (Å²) in [6, 6.07) is -0.474. The molecule has 0 N–H and O–H groups in total. The van der Waals surface area contributed by atoms with Crippen molar-refractivity contribution in [1.29, 1.82) is 0 Å². The highest BCUT2D eigenvalue weighted by Gasteiger charge is 2.54. The third-order valence-corrected chi connectivity index (χ3v) is 4.75. The number of rotatable bonds is 4. The Hall–Kier alpha value is -1.16. The van der Waals surface area contributed by atoms with Gasteiger partial charge in [-0.15, -0.1) is 0 Å². The summed E-state index contributed by atoms with van der Waals surface area (Å²) in [6.45, 7) is 4.74. The minimum absolute atomic E-state index is 0.237. The summed E-state index contributed by atoms with van der Waals surface area (Å²) < 4.78 is 23.7. The number of likely N-dealkylation sites (N-methyl/N-ethyl adjacent to an activating group) is 2. The van der Waals surface area contributed by atoms with Gasteiger partial charge in [-0.2, -0.15) is 10.1 Å². The standard InChI is InChI=1S/C17H28N2O6/c1-17(2)24-15(13-11(20-5)7-9-22-18(13)3)16(25-17)14-12(21-6)8-10-23-19(14)4/h7-8,13-16H,9-10H2,1-6H3/t13-,14+,15-,16-/m1/s1. The van der Waals surface area contributed by atoms with Crippen LogP contribution in [0, 0.1) is 0 Å². The van der Waals surface area contributed by atoms with Crippen LogP contribution in [-0.2, 0) is 28.6 Å². The summed E-state index contributed by atoms with van der Waals surface area (Å²) in [6.07, 6.45) is 3.17. The lowest BCUT2D eigenvalue weighted by molar-refractivity contribution is -0.209. The van der Waals surface area contributed by atoms with Gasteiger partial charge < -0.3 is 18.9 Å². The van der Waals surface area contributed by atoms with Gasteiger partial charge in [0, 0.05) is 14.1 Å². The molecule has 8 nitrogen and oxygen atoms in total. The predicted molar refractivity (Wildman–Crippen MR) is 89.0 cm³/mol. The summed E-state index contributed by atoms with van der Waals surface area (Å²) >= 11 is 0. The van der Waals surface area contributed by atoms with Crippen molar-refractivity contribution in [2.45, 2.75) is 43.9 Å². The molecule has 0 aliphatic carbocycles. The highest BCUT2D eigenvalue weighted by Crippen LogP contribution is 2.39. The Labute approximate surface area is 148 Å². The van der Waals surface area contributed by atoms with E-state index in [2.05, 4.69) is 0 Å². The van der Waals surface area contributed by atoms with Crippen LogP contribution in [0.15, 0.2) is 23.7 Å². The molecule has 0 aromatic carbocycles. The molecule has 0 aromatic heterocycles. The minimum Gasteiger partial charge on any atom is -0.499 e.